The molecule has 0 amide bonds. The maximum atomic E-state index is 9.27. The first-order valence-electron chi connectivity index (χ1n) is 6.88. The normalized spacial score (nSPS) is 12.1. The van der Waals surface area contributed by atoms with Gasteiger partial charge in [-0.05, 0) is 30.9 Å². The number of rotatable bonds is 6. The highest BCUT2D eigenvalue weighted by molar-refractivity contribution is 7.99. The van der Waals surface area contributed by atoms with E-state index in [1.54, 1.807) is 6.20 Å². The van der Waals surface area contributed by atoms with Gasteiger partial charge in [-0.3, -0.25) is 4.98 Å². The molecule has 2 aromatic rings. The van der Waals surface area contributed by atoms with E-state index < -0.39 is 0 Å². The Morgan fingerprint density at radius 2 is 2.20 bits per heavy atom. The molecule has 4 heteroatoms. The van der Waals surface area contributed by atoms with E-state index in [1.807, 2.05) is 36.0 Å². The number of benzene rings is 1. The average Bonchev–Trinajstić information content (AvgIpc) is 2.48. The molecule has 0 spiro atoms. The van der Waals surface area contributed by atoms with Gasteiger partial charge >= 0.3 is 0 Å². The van der Waals surface area contributed by atoms with Gasteiger partial charge in [-0.1, -0.05) is 25.1 Å². The molecule has 0 radical (unpaired) electrons. The molecule has 1 aromatic heterocycles. The fraction of sp³-hybridized carbons (Fsp3) is 0.375. The summed E-state index contributed by atoms with van der Waals surface area (Å²) in [6, 6.07) is 10.5. The van der Waals surface area contributed by atoms with E-state index in [9.17, 15) is 5.26 Å². The first kappa shape index (κ1) is 14.7. The van der Waals surface area contributed by atoms with Crippen molar-refractivity contribution in [3.63, 3.8) is 0 Å². The molecule has 0 aliphatic rings. The molecular weight excluding hydrogens is 266 g/mol. The lowest BCUT2D eigenvalue weighted by molar-refractivity contribution is 0.772. The Morgan fingerprint density at radius 1 is 1.40 bits per heavy atom. The highest BCUT2D eigenvalue weighted by Crippen LogP contribution is 2.26. The van der Waals surface area contributed by atoms with Gasteiger partial charge in [0.05, 0.1) is 16.8 Å². The van der Waals surface area contributed by atoms with Gasteiger partial charge in [0, 0.05) is 17.6 Å². The molecule has 0 saturated heterocycles. The lowest BCUT2D eigenvalue weighted by Crippen LogP contribution is -2.17. The van der Waals surface area contributed by atoms with Crippen molar-refractivity contribution in [2.24, 2.45) is 0 Å². The van der Waals surface area contributed by atoms with Gasteiger partial charge in [0.2, 0.25) is 0 Å². The Kier molecular flexibility index (Phi) is 5.25. The first-order chi connectivity index (χ1) is 9.76. The Labute approximate surface area is 124 Å². The molecule has 1 unspecified atom stereocenters. The maximum Gasteiger partial charge on any atom is 0.103 e. The molecule has 0 fully saturated rings. The van der Waals surface area contributed by atoms with Crippen LogP contribution in [0.25, 0.3) is 10.9 Å². The predicted molar refractivity (Wildman–Crippen MR) is 87.2 cm³/mol. The lowest BCUT2D eigenvalue weighted by Gasteiger charge is -2.17. The third-order valence-electron chi connectivity index (χ3n) is 3.19. The largest absolute Gasteiger partial charge is 0.381 e. The second kappa shape index (κ2) is 7.16. The Bertz CT molecular complexity index is 619. The summed E-state index contributed by atoms with van der Waals surface area (Å²) >= 11 is 1.94. The number of nitrogens with zero attached hydrogens (tertiary/aromatic N) is 2. The number of nitriles is 1. The Morgan fingerprint density at radius 3 is 2.95 bits per heavy atom. The summed E-state index contributed by atoms with van der Waals surface area (Å²) < 4.78 is 0. The van der Waals surface area contributed by atoms with Crippen LogP contribution in [0.2, 0.25) is 0 Å². The first-order valence-corrected chi connectivity index (χ1v) is 8.03. The van der Waals surface area contributed by atoms with E-state index in [-0.39, 0.29) is 0 Å². The summed E-state index contributed by atoms with van der Waals surface area (Å²) in [6.07, 6.45) is 2.73. The number of para-hydroxylation sites is 1. The molecule has 3 nitrogen and oxygen atoms in total. The van der Waals surface area contributed by atoms with Gasteiger partial charge in [-0.2, -0.15) is 17.0 Å². The summed E-state index contributed by atoms with van der Waals surface area (Å²) in [5.74, 6) is 2.28. The minimum atomic E-state index is 0.340. The van der Waals surface area contributed by atoms with Crippen molar-refractivity contribution in [1.82, 2.24) is 4.98 Å². The monoisotopic (exact) mass is 285 g/mol. The van der Waals surface area contributed by atoms with Crippen molar-refractivity contribution in [3.8, 4) is 6.07 Å². The molecule has 1 heterocycles. The molecule has 2 rings (SSSR count). The zero-order chi connectivity index (χ0) is 14.4. The van der Waals surface area contributed by atoms with Crippen LogP contribution in [0.3, 0.4) is 0 Å². The highest BCUT2D eigenvalue weighted by atomic mass is 32.2. The van der Waals surface area contributed by atoms with Gasteiger partial charge in [-0.25, -0.2) is 0 Å². The number of thioether (sulfide) groups is 1. The van der Waals surface area contributed by atoms with Crippen LogP contribution in [0.1, 0.15) is 25.8 Å². The second-order valence-electron chi connectivity index (χ2n) is 4.71. The SMILES string of the molecule is CCSCCC(C)Nc1c(C#N)cnc2ccccc12. The van der Waals surface area contributed by atoms with Crippen LogP contribution >= 0.6 is 11.8 Å². The molecule has 104 valence electrons. The predicted octanol–water partition coefficient (Wildman–Crippen LogP) is 4.05. The van der Waals surface area contributed by atoms with E-state index in [2.05, 4.69) is 30.2 Å². The van der Waals surface area contributed by atoms with Crippen molar-refractivity contribution in [2.45, 2.75) is 26.3 Å². The van der Waals surface area contributed by atoms with Crippen molar-refractivity contribution in [1.29, 1.82) is 5.26 Å². The van der Waals surface area contributed by atoms with Crippen LogP contribution in [0.4, 0.5) is 5.69 Å². The van der Waals surface area contributed by atoms with Gasteiger partial charge < -0.3 is 5.32 Å². The van der Waals surface area contributed by atoms with Crippen molar-refractivity contribution in [3.05, 3.63) is 36.0 Å². The smallest absolute Gasteiger partial charge is 0.103 e. The number of anilines is 1. The van der Waals surface area contributed by atoms with Crippen molar-refractivity contribution >= 4 is 28.4 Å². The van der Waals surface area contributed by atoms with Gasteiger partial charge in [-0.15, -0.1) is 0 Å². The van der Waals surface area contributed by atoms with Crippen LogP contribution < -0.4 is 5.32 Å². The third-order valence-corrected chi connectivity index (χ3v) is 4.12. The number of hydrogen-bond donors (Lipinski definition) is 1. The molecule has 0 aliphatic heterocycles. The van der Waals surface area contributed by atoms with Crippen LogP contribution in [0, 0.1) is 11.3 Å². The zero-order valence-electron chi connectivity index (χ0n) is 11.9. The summed E-state index contributed by atoms with van der Waals surface area (Å²) in [4.78, 5) is 4.33. The number of aromatic nitrogens is 1. The molecule has 0 bridgehead atoms. The van der Waals surface area contributed by atoms with E-state index >= 15 is 0 Å². The van der Waals surface area contributed by atoms with Crippen molar-refractivity contribution in [2.75, 3.05) is 16.8 Å². The molecule has 0 saturated carbocycles. The molecule has 1 aromatic carbocycles. The van der Waals surface area contributed by atoms with E-state index in [1.165, 1.54) is 0 Å². The second-order valence-corrected chi connectivity index (χ2v) is 6.10. The number of nitrogens with one attached hydrogen (secondary N) is 1. The standard InChI is InChI=1S/C16H19N3S/c1-3-20-9-8-12(2)19-16-13(10-17)11-18-15-7-5-4-6-14(15)16/h4-7,11-12H,3,8-9H2,1-2H3,(H,18,19). The molecule has 1 N–H and O–H groups in total. The van der Waals surface area contributed by atoms with E-state index in [0.717, 1.165) is 34.5 Å². The van der Waals surface area contributed by atoms with Crippen LogP contribution in [-0.2, 0) is 0 Å². The minimum absolute atomic E-state index is 0.340. The highest BCUT2D eigenvalue weighted by Gasteiger charge is 2.11. The Balaban J connectivity index is 2.25. The van der Waals surface area contributed by atoms with Gasteiger partial charge in [0.1, 0.15) is 6.07 Å². The quantitative estimate of drug-likeness (QED) is 0.813. The minimum Gasteiger partial charge on any atom is -0.381 e. The number of hydrogen-bond acceptors (Lipinski definition) is 4. The molecular formula is C16H19N3S. The Hall–Kier alpha value is -1.73. The van der Waals surface area contributed by atoms with Gasteiger partial charge in [0.25, 0.3) is 0 Å². The molecule has 1 atom stereocenters. The summed E-state index contributed by atoms with van der Waals surface area (Å²) in [7, 11) is 0. The average molecular weight is 285 g/mol. The summed E-state index contributed by atoms with van der Waals surface area (Å²) in [6.45, 7) is 4.33. The summed E-state index contributed by atoms with van der Waals surface area (Å²) in [5, 5.41) is 13.8. The van der Waals surface area contributed by atoms with Gasteiger partial charge in [0.15, 0.2) is 0 Å². The molecule has 0 aliphatic carbocycles. The number of pyridine rings is 1. The third kappa shape index (κ3) is 3.43. The van der Waals surface area contributed by atoms with E-state index in [4.69, 9.17) is 0 Å². The number of fused-ring (bicyclic) bond motifs is 1. The fourth-order valence-corrected chi connectivity index (χ4v) is 2.91. The van der Waals surface area contributed by atoms with E-state index in [0.29, 0.717) is 11.6 Å². The fourth-order valence-electron chi connectivity index (χ4n) is 2.10. The zero-order valence-corrected chi connectivity index (χ0v) is 12.7. The van der Waals surface area contributed by atoms with Crippen LogP contribution in [0.15, 0.2) is 30.5 Å². The van der Waals surface area contributed by atoms with Crippen LogP contribution in [-0.4, -0.2) is 22.5 Å². The topological polar surface area (TPSA) is 48.7 Å². The van der Waals surface area contributed by atoms with Crippen molar-refractivity contribution < 1.29 is 0 Å². The maximum absolute atomic E-state index is 9.27. The molecule has 20 heavy (non-hydrogen) atoms. The summed E-state index contributed by atoms with van der Waals surface area (Å²) in [5.41, 5.74) is 2.44. The van der Waals surface area contributed by atoms with Crippen LogP contribution in [0.5, 0.6) is 0 Å². The lowest BCUT2D eigenvalue weighted by atomic mass is 10.1.